The molecule has 0 radical (unpaired) electrons. The standard InChI is InChI=1S/C23H19FN4O3/c24-15-10-17(22(25)21(11-15)28(30)31)23(29)27-12-18(14-6-2-1-3-7-14)19-13-26-20-9-5-4-8-16(19)20/h1-11,13,18,26H,12,25H2,(H,27,29). The van der Waals surface area contributed by atoms with Crippen molar-refractivity contribution in [3.8, 4) is 0 Å². The molecule has 1 aromatic heterocycles. The highest BCUT2D eigenvalue weighted by Gasteiger charge is 2.24. The summed E-state index contributed by atoms with van der Waals surface area (Å²) in [5.74, 6) is -1.78. The molecule has 7 nitrogen and oxygen atoms in total. The van der Waals surface area contributed by atoms with E-state index in [-0.39, 0.29) is 23.7 Å². The molecule has 4 aromatic rings. The quantitative estimate of drug-likeness (QED) is 0.245. The Labute approximate surface area is 176 Å². The Morgan fingerprint density at radius 2 is 1.84 bits per heavy atom. The van der Waals surface area contributed by atoms with Crippen molar-refractivity contribution in [1.82, 2.24) is 10.3 Å². The maximum Gasteiger partial charge on any atom is 0.295 e. The van der Waals surface area contributed by atoms with E-state index in [4.69, 9.17) is 5.73 Å². The third kappa shape index (κ3) is 3.95. The lowest BCUT2D eigenvalue weighted by Crippen LogP contribution is -2.29. The van der Waals surface area contributed by atoms with Crippen LogP contribution in [0.15, 0.2) is 72.9 Å². The lowest BCUT2D eigenvalue weighted by molar-refractivity contribution is -0.384. The van der Waals surface area contributed by atoms with Gasteiger partial charge in [0.25, 0.3) is 11.6 Å². The second-order valence-corrected chi connectivity index (χ2v) is 7.11. The van der Waals surface area contributed by atoms with E-state index in [1.54, 1.807) is 0 Å². The van der Waals surface area contributed by atoms with Crippen molar-refractivity contribution in [2.24, 2.45) is 0 Å². The summed E-state index contributed by atoms with van der Waals surface area (Å²) < 4.78 is 13.8. The fourth-order valence-corrected chi connectivity index (χ4v) is 3.71. The van der Waals surface area contributed by atoms with Crippen LogP contribution < -0.4 is 11.1 Å². The van der Waals surface area contributed by atoms with Gasteiger partial charge >= 0.3 is 0 Å². The molecular weight excluding hydrogens is 399 g/mol. The number of halogens is 1. The first-order valence-corrected chi connectivity index (χ1v) is 9.58. The number of benzene rings is 3. The second-order valence-electron chi connectivity index (χ2n) is 7.11. The number of nitro groups is 1. The Hall–Kier alpha value is -4.20. The number of nitrogens with one attached hydrogen (secondary N) is 2. The van der Waals surface area contributed by atoms with Crippen LogP contribution in [0.5, 0.6) is 0 Å². The number of nitrogens with zero attached hydrogens (tertiary/aromatic N) is 1. The SMILES string of the molecule is Nc1c(C(=O)NCC(c2ccccc2)c2c[nH]c3ccccc23)cc(F)cc1[N+](=O)[O-]. The Balaban J connectivity index is 1.67. The third-order valence-electron chi connectivity index (χ3n) is 5.23. The Morgan fingerprint density at radius 1 is 1.13 bits per heavy atom. The molecule has 0 spiro atoms. The van der Waals surface area contributed by atoms with Crippen molar-refractivity contribution in [3.63, 3.8) is 0 Å². The van der Waals surface area contributed by atoms with Crippen molar-refractivity contribution < 1.29 is 14.1 Å². The van der Waals surface area contributed by atoms with E-state index in [9.17, 15) is 19.3 Å². The van der Waals surface area contributed by atoms with E-state index in [0.29, 0.717) is 6.07 Å². The van der Waals surface area contributed by atoms with Gasteiger partial charge in [-0.15, -0.1) is 0 Å². The average Bonchev–Trinajstić information content (AvgIpc) is 3.20. The largest absolute Gasteiger partial charge is 0.393 e. The van der Waals surface area contributed by atoms with Crippen molar-refractivity contribution in [2.75, 3.05) is 12.3 Å². The number of nitrogen functional groups attached to an aromatic ring is 1. The molecule has 0 aliphatic rings. The number of nitro benzene ring substituents is 1. The normalized spacial score (nSPS) is 11.9. The number of carbonyl (C=O) groups is 1. The van der Waals surface area contributed by atoms with Crippen LogP contribution in [-0.4, -0.2) is 22.4 Å². The van der Waals surface area contributed by atoms with Crippen LogP contribution in [0.4, 0.5) is 15.8 Å². The van der Waals surface area contributed by atoms with Crippen molar-refractivity contribution >= 4 is 28.2 Å². The van der Waals surface area contributed by atoms with Crippen LogP contribution in [0.1, 0.15) is 27.4 Å². The number of fused-ring (bicyclic) bond motifs is 1. The monoisotopic (exact) mass is 418 g/mol. The van der Waals surface area contributed by atoms with Crippen LogP contribution >= 0.6 is 0 Å². The molecule has 1 unspecified atom stereocenters. The second kappa shape index (κ2) is 8.27. The zero-order valence-electron chi connectivity index (χ0n) is 16.3. The van der Waals surface area contributed by atoms with Crippen LogP contribution in [0.3, 0.4) is 0 Å². The number of aromatic nitrogens is 1. The minimum atomic E-state index is -0.901. The van der Waals surface area contributed by atoms with Gasteiger partial charge in [0.1, 0.15) is 11.5 Å². The summed E-state index contributed by atoms with van der Waals surface area (Å²) in [7, 11) is 0. The Kier molecular flexibility index (Phi) is 5.36. The van der Waals surface area contributed by atoms with Crippen molar-refractivity contribution in [3.05, 3.63) is 106 Å². The van der Waals surface area contributed by atoms with E-state index in [1.807, 2.05) is 60.8 Å². The number of hydrogen-bond acceptors (Lipinski definition) is 4. The Morgan fingerprint density at radius 3 is 2.58 bits per heavy atom. The molecule has 0 fully saturated rings. The molecule has 4 N–H and O–H groups in total. The first kappa shape index (κ1) is 20.1. The molecule has 1 amide bonds. The highest BCUT2D eigenvalue weighted by atomic mass is 19.1. The highest BCUT2D eigenvalue weighted by molar-refractivity contribution is 6.01. The molecule has 156 valence electrons. The molecule has 3 aromatic carbocycles. The molecule has 8 heteroatoms. The molecule has 1 heterocycles. The van der Waals surface area contributed by atoms with E-state index in [0.717, 1.165) is 28.1 Å². The minimum absolute atomic E-state index is 0.189. The van der Waals surface area contributed by atoms with Crippen molar-refractivity contribution in [2.45, 2.75) is 5.92 Å². The zero-order valence-corrected chi connectivity index (χ0v) is 16.3. The molecule has 0 aliphatic heterocycles. The van der Waals surface area contributed by atoms with Crippen LogP contribution in [0, 0.1) is 15.9 Å². The number of para-hydroxylation sites is 1. The maximum absolute atomic E-state index is 13.8. The minimum Gasteiger partial charge on any atom is -0.393 e. The predicted molar refractivity (Wildman–Crippen MR) is 116 cm³/mol. The van der Waals surface area contributed by atoms with Crippen molar-refractivity contribution in [1.29, 1.82) is 0 Å². The van der Waals surface area contributed by atoms with E-state index in [2.05, 4.69) is 10.3 Å². The summed E-state index contributed by atoms with van der Waals surface area (Å²) in [4.78, 5) is 26.3. The van der Waals surface area contributed by atoms with Gasteiger partial charge in [0.2, 0.25) is 0 Å². The maximum atomic E-state index is 13.8. The number of nitrogens with two attached hydrogens (primary N) is 1. The fourth-order valence-electron chi connectivity index (χ4n) is 3.71. The lowest BCUT2D eigenvalue weighted by atomic mass is 9.91. The molecule has 4 rings (SSSR count). The molecule has 0 aliphatic carbocycles. The third-order valence-corrected chi connectivity index (χ3v) is 5.23. The molecule has 0 bridgehead atoms. The smallest absolute Gasteiger partial charge is 0.295 e. The summed E-state index contributed by atoms with van der Waals surface area (Å²) in [6, 6.07) is 19.1. The fraction of sp³-hybridized carbons (Fsp3) is 0.0870. The predicted octanol–water partition coefficient (Wildman–Crippen LogP) is 4.36. The molecular formula is C23H19FN4O3. The number of H-pyrrole nitrogens is 1. The first-order valence-electron chi connectivity index (χ1n) is 9.58. The Bertz CT molecular complexity index is 1270. The summed E-state index contributed by atoms with van der Waals surface area (Å²) in [5.41, 5.74) is 7.43. The van der Waals surface area contributed by atoms with E-state index < -0.39 is 22.3 Å². The molecule has 31 heavy (non-hydrogen) atoms. The molecule has 1 atom stereocenters. The number of hydrogen-bond donors (Lipinski definition) is 3. The number of amides is 1. The highest BCUT2D eigenvalue weighted by Crippen LogP contribution is 2.31. The van der Waals surface area contributed by atoms with Gasteiger partial charge in [0.05, 0.1) is 16.6 Å². The first-order chi connectivity index (χ1) is 15.0. The number of carbonyl (C=O) groups excluding carboxylic acids is 1. The van der Waals surface area contributed by atoms with Gasteiger partial charge in [-0.1, -0.05) is 48.5 Å². The van der Waals surface area contributed by atoms with Crippen LogP contribution in [-0.2, 0) is 0 Å². The number of aromatic amines is 1. The van der Waals surface area contributed by atoms with Gasteiger partial charge in [0.15, 0.2) is 0 Å². The summed E-state index contributed by atoms with van der Waals surface area (Å²) in [6.45, 7) is 0.189. The van der Waals surface area contributed by atoms with Crippen LogP contribution in [0.25, 0.3) is 10.9 Å². The molecule has 0 saturated heterocycles. The number of rotatable bonds is 6. The van der Waals surface area contributed by atoms with Gasteiger partial charge < -0.3 is 16.0 Å². The van der Waals surface area contributed by atoms with Gasteiger partial charge in [-0.3, -0.25) is 14.9 Å². The average molecular weight is 418 g/mol. The van der Waals surface area contributed by atoms with E-state index >= 15 is 0 Å². The van der Waals surface area contributed by atoms with Gasteiger partial charge in [-0.2, -0.15) is 0 Å². The van der Waals surface area contributed by atoms with Gasteiger partial charge in [-0.25, -0.2) is 4.39 Å². The number of anilines is 1. The summed E-state index contributed by atoms with van der Waals surface area (Å²) in [6.07, 6.45) is 1.90. The summed E-state index contributed by atoms with van der Waals surface area (Å²) >= 11 is 0. The van der Waals surface area contributed by atoms with Gasteiger partial charge in [-0.05, 0) is 23.3 Å². The lowest BCUT2D eigenvalue weighted by Gasteiger charge is -2.18. The molecule has 0 saturated carbocycles. The van der Waals surface area contributed by atoms with Gasteiger partial charge in [0, 0.05) is 29.6 Å². The zero-order chi connectivity index (χ0) is 22.0. The summed E-state index contributed by atoms with van der Waals surface area (Å²) in [5, 5.41) is 14.9. The topological polar surface area (TPSA) is 114 Å². The van der Waals surface area contributed by atoms with E-state index in [1.165, 1.54) is 0 Å². The van der Waals surface area contributed by atoms with Crippen LogP contribution in [0.2, 0.25) is 0 Å².